The van der Waals surface area contributed by atoms with Crippen LogP contribution in [0.1, 0.15) is 30.2 Å². The molecule has 0 spiro atoms. The fraction of sp³-hybridized carbons (Fsp3) is 0.333. The molecular weight excluding hydrogens is 168 g/mol. The first kappa shape index (κ1) is 8.04. The van der Waals surface area contributed by atoms with E-state index in [1.807, 2.05) is 17.6 Å². The van der Waals surface area contributed by atoms with E-state index < -0.39 is 0 Å². The molecule has 1 aromatic rings. The summed E-state index contributed by atoms with van der Waals surface area (Å²) in [4.78, 5) is 15.3. The third kappa shape index (κ3) is 1.14. The van der Waals surface area contributed by atoms with Gasteiger partial charge in [0, 0.05) is 18.0 Å². The molecule has 2 heterocycles. The Labute approximate surface area is 75.8 Å². The van der Waals surface area contributed by atoms with Crippen molar-refractivity contribution >= 4 is 17.7 Å². The maximum atomic E-state index is 11.2. The molecule has 0 aliphatic carbocycles. The number of hydrogen-bond acceptors (Lipinski definition) is 3. The number of imidazole rings is 1. The van der Waals surface area contributed by atoms with E-state index in [1.165, 1.54) is 0 Å². The summed E-state index contributed by atoms with van der Waals surface area (Å²) < 4.78 is 6.69. The molecule has 68 valence electrons. The minimum atomic E-state index is -0.356. The van der Waals surface area contributed by atoms with E-state index in [4.69, 9.17) is 4.74 Å². The highest BCUT2D eigenvalue weighted by Crippen LogP contribution is 2.23. The molecule has 0 saturated heterocycles. The van der Waals surface area contributed by atoms with Crippen LogP contribution in [-0.4, -0.2) is 22.1 Å². The molecule has 13 heavy (non-hydrogen) atoms. The highest BCUT2D eigenvalue weighted by atomic mass is 16.5. The smallest absolute Gasteiger partial charge is 0.358 e. The largest absolute Gasteiger partial charge is 0.461 e. The first-order valence-corrected chi connectivity index (χ1v) is 4.17. The number of ether oxygens (including phenoxy) is 1. The van der Waals surface area contributed by atoms with Crippen LogP contribution in [0, 0.1) is 0 Å². The molecule has 1 aliphatic heterocycles. The SMILES string of the molecule is CCOC(=O)c1cn2c(n1)C=C2C. The minimum Gasteiger partial charge on any atom is -0.461 e. The second-order valence-corrected chi connectivity index (χ2v) is 2.86. The number of hydrogen-bond donors (Lipinski definition) is 0. The van der Waals surface area contributed by atoms with Gasteiger partial charge in [-0.15, -0.1) is 0 Å². The van der Waals surface area contributed by atoms with Crippen molar-refractivity contribution in [1.29, 1.82) is 0 Å². The van der Waals surface area contributed by atoms with E-state index in [0.29, 0.717) is 12.3 Å². The molecule has 0 aromatic carbocycles. The number of allylic oxidation sites excluding steroid dienone is 1. The molecule has 0 N–H and O–H groups in total. The van der Waals surface area contributed by atoms with Crippen LogP contribution in [0.5, 0.6) is 0 Å². The van der Waals surface area contributed by atoms with Crippen molar-refractivity contribution in [3.63, 3.8) is 0 Å². The summed E-state index contributed by atoms with van der Waals surface area (Å²) >= 11 is 0. The van der Waals surface area contributed by atoms with Gasteiger partial charge in [-0.1, -0.05) is 0 Å². The van der Waals surface area contributed by atoms with Crippen LogP contribution < -0.4 is 0 Å². The van der Waals surface area contributed by atoms with Gasteiger partial charge in [0.1, 0.15) is 5.82 Å². The Morgan fingerprint density at radius 2 is 2.46 bits per heavy atom. The molecule has 0 fully saturated rings. The topological polar surface area (TPSA) is 44.1 Å². The summed E-state index contributed by atoms with van der Waals surface area (Å²) in [7, 11) is 0. The molecule has 0 amide bonds. The fourth-order valence-corrected chi connectivity index (χ4v) is 1.27. The Morgan fingerprint density at radius 1 is 1.69 bits per heavy atom. The number of esters is 1. The maximum absolute atomic E-state index is 11.2. The molecule has 0 atom stereocenters. The number of carbonyl (C=O) groups is 1. The summed E-state index contributed by atoms with van der Waals surface area (Å²) in [5.74, 6) is 0.464. The number of nitrogens with zero attached hydrogens (tertiary/aromatic N) is 2. The third-order valence-electron chi connectivity index (χ3n) is 1.94. The van der Waals surface area contributed by atoms with Crippen LogP contribution in [-0.2, 0) is 4.74 Å². The van der Waals surface area contributed by atoms with E-state index in [-0.39, 0.29) is 5.97 Å². The quantitative estimate of drug-likeness (QED) is 0.643. The molecular formula is C9H10N2O2. The Kier molecular flexibility index (Phi) is 1.69. The van der Waals surface area contributed by atoms with Gasteiger partial charge < -0.3 is 9.30 Å². The Balaban J connectivity index is 2.21. The van der Waals surface area contributed by atoms with Gasteiger partial charge in [0.15, 0.2) is 5.69 Å². The fourth-order valence-electron chi connectivity index (χ4n) is 1.27. The molecule has 1 aliphatic rings. The van der Waals surface area contributed by atoms with Crippen LogP contribution >= 0.6 is 0 Å². The van der Waals surface area contributed by atoms with E-state index in [2.05, 4.69) is 4.98 Å². The zero-order valence-corrected chi connectivity index (χ0v) is 7.57. The van der Waals surface area contributed by atoms with Crippen LogP contribution in [0.25, 0.3) is 11.8 Å². The van der Waals surface area contributed by atoms with Crippen molar-refractivity contribution in [2.24, 2.45) is 0 Å². The second-order valence-electron chi connectivity index (χ2n) is 2.86. The zero-order valence-electron chi connectivity index (χ0n) is 7.57. The molecule has 4 nitrogen and oxygen atoms in total. The molecule has 0 bridgehead atoms. The average Bonchev–Trinajstić information content (AvgIpc) is 2.43. The number of aromatic nitrogens is 2. The van der Waals surface area contributed by atoms with Crippen molar-refractivity contribution in [3.8, 4) is 0 Å². The highest BCUT2D eigenvalue weighted by molar-refractivity contribution is 5.89. The van der Waals surface area contributed by atoms with Gasteiger partial charge in [-0.3, -0.25) is 0 Å². The van der Waals surface area contributed by atoms with Crippen LogP contribution in [0.15, 0.2) is 6.20 Å². The van der Waals surface area contributed by atoms with E-state index in [1.54, 1.807) is 13.1 Å². The molecule has 0 saturated carbocycles. The average molecular weight is 178 g/mol. The molecule has 2 rings (SSSR count). The van der Waals surface area contributed by atoms with Gasteiger partial charge in [-0.05, 0) is 13.8 Å². The standard InChI is InChI=1S/C9H10N2O2/c1-3-13-9(12)7-5-11-6(2)4-8(11)10-7/h4-5H,3H2,1-2H3. The zero-order chi connectivity index (χ0) is 9.42. The van der Waals surface area contributed by atoms with Crippen molar-refractivity contribution in [2.45, 2.75) is 13.8 Å². The molecule has 4 heteroatoms. The first-order chi connectivity index (χ1) is 6.22. The number of fused-ring (bicyclic) bond motifs is 1. The summed E-state index contributed by atoms with van der Waals surface area (Å²) in [6, 6.07) is 0. The van der Waals surface area contributed by atoms with Crippen molar-refractivity contribution in [1.82, 2.24) is 9.55 Å². The van der Waals surface area contributed by atoms with Crippen LogP contribution in [0.2, 0.25) is 0 Å². The van der Waals surface area contributed by atoms with Gasteiger partial charge in [0.05, 0.1) is 6.61 Å². The van der Waals surface area contributed by atoms with Crippen molar-refractivity contribution in [2.75, 3.05) is 6.61 Å². The van der Waals surface area contributed by atoms with E-state index in [0.717, 1.165) is 11.5 Å². The van der Waals surface area contributed by atoms with Crippen LogP contribution in [0.3, 0.4) is 0 Å². The van der Waals surface area contributed by atoms with Crippen molar-refractivity contribution in [3.05, 3.63) is 17.7 Å². The highest BCUT2D eigenvalue weighted by Gasteiger charge is 2.19. The van der Waals surface area contributed by atoms with Gasteiger partial charge in [0.25, 0.3) is 0 Å². The normalized spacial score (nSPS) is 12.9. The predicted molar refractivity (Wildman–Crippen MR) is 48.0 cm³/mol. The van der Waals surface area contributed by atoms with E-state index >= 15 is 0 Å². The second kappa shape index (κ2) is 2.73. The molecule has 0 radical (unpaired) electrons. The minimum absolute atomic E-state index is 0.356. The third-order valence-corrected chi connectivity index (χ3v) is 1.94. The Morgan fingerprint density at radius 3 is 3.00 bits per heavy atom. The molecule has 0 unspecified atom stereocenters. The van der Waals surface area contributed by atoms with E-state index in [9.17, 15) is 4.79 Å². The lowest BCUT2D eigenvalue weighted by molar-refractivity contribution is 0.0520. The lowest BCUT2D eigenvalue weighted by atomic mass is 10.3. The lowest BCUT2D eigenvalue weighted by Gasteiger charge is -2.12. The predicted octanol–water partition coefficient (Wildman–Crippen LogP) is 1.39. The van der Waals surface area contributed by atoms with Gasteiger partial charge in [-0.25, -0.2) is 9.78 Å². The lowest BCUT2D eigenvalue weighted by Crippen LogP contribution is -2.04. The Hall–Kier alpha value is -1.58. The molecule has 1 aromatic heterocycles. The van der Waals surface area contributed by atoms with Gasteiger partial charge in [-0.2, -0.15) is 0 Å². The van der Waals surface area contributed by atoms with Crippen LogP contribution in [0.4, 0.5) is 0 Å². The summed E-state index contributed by atoms with van der Waals surface area (Å²) in [6.45, 7) is 4.12. The monoisotopic (exact) mass is 178 g/mol. The first-order valence-electron chi connectivity index (χ1n) is 4.17. The number of carbonyl (C=O) groups excluding carboxylic acids is 1. The summed E-state index contributed by atoms with van der Waals surface area (Å²) in [5, 5.41) is 0. The summed E-state index contributed by atoms with van der Waals surface area (Å²) in [6.07, 6.45) is 3.62. The van der Waals surface area contributed by atoms with Gasteiger partial charge >= 0.3 is 5.97 Å². The number of rotatable bonds is 2. The maximum Gasteiger partial charge on any atom is 0.358 e. The van der Waals surface area contributed by atoms with Gasteiger partial charge in [0.2, 0.25) is 0 Å². The Bertz CT molecular complexity index is 390. The summed E-state index contributed by atoms with van der Waals surface area (Å²) in [5.41, 5.74) is 1.47. The van der Waals surface area contributed by atoms with Crippen molar-refractivity contribution < 1.29 is 9.53 Å².